The van der Waals surface area contributed by atoms with E-state index in [4.69, 9.17) is 4.74 Å². The van der Waals surface area contributed by atoms with Crippen LogP contribution in [0.1, 0.15) is 32.1 Å². The van der Waals surface area contributed by atoms with Gasteiger partial charge in [0.25, 0.3) is 0 Å². The molecule has 1 aromatic heterocycles. The maximum atomic E-state index is 5.81. The summed E-state index contributed by atoms with van der Waals surface area (Å²) in [6.07, 6.45) is 8.82. The van der Waals surface area contributed by atoms with Crippen LogP contribution in [0.15, 0.2) is 24.4 Å². The summed E-state index contributed by atoms with van der Waals surface area (Å²) in [5, 5.41) is 3.25. The third kappa shape index (κ3) is 3.81. The Bertz CT molecular complexity index is 283. The van der Waals surface area contributed by atoms with E-state index in [0.717, 1.165) is 19.0 Å². The van der Waals surface area contributed by atoms with Gasteiger partial charge in [-0.1, -0.05) is 25.3 Å². The predicted molar refractivity (Wildman–Crippen MR) is 65.6 cm³/mol. The molecule has 1 heterocycles. The third-order valence-electron chi connectivity index (χ3n) is 2.98. The standard InChI is InChI=1S/C13H20N2O/c1-2-6-12(7-3-1)16-11-10-15-13-8-4-5-9-14-13/h4-5,8-9,12H,1-3,6-7,10-11H2,(H,14,15). The molecule has 2 rings (SSSR count). The van der Waals surface area contributed by atoms with E-state index in [1.54, 1.807) is 6.20 Å². The van der Waals surface area contributed by atoms with Gasteiger partial charge in [-0.3, -0.25) is 0 Å². The normalized spacial score (nSPS) is 17.2. The van der Waals surface area contributed by atoms with E-state index >= 15 is 0 Å². The number of aromatic nitrogens is 1. The average Bonchev–Trinajstić information content (AvgIpc) is 2.37. The minimum atomic E-state index is 0.499. The summed E-state index contributed by atoms with van der Waals surface area (Å²) in [4.78, 5) is 4.20. The molecule has 16 heavy (non-hydrogen) atoms. The smallest absolute Gasteiger partial charge is 0.125 e. The first-order chi connectivity index (χ1) is 7.95. The lowest BCUT2D eigenvalue weighted by atomic mass is 9.98. The van der Waals surface area contributed by atoms with Crippen molar-refractivity contribution in [2.75, 3.05) is 18.5 Å². The molecule has 0 bridgehead atoms. The molecular weight excluding hydrogens is 200 g/mol. The van der Waals surface area contributed by atoms with Gasteiger partial charge in [0.15, 0.2) is 0 Å². The minimum absolute atomic E-state index is 0.499. The van der Waals surface area contributed by atoms with E-state index in [0.29, 0.717) is 6.10 Å². The molecule has 1 aromatic rings. The topological polar surface area (TPSA) is 34.1 Å². The van der Waals surface area contributed by atoms with E-state index in [2.05, 4.69) is 10.3 Å². The number of ether oxygens (including phenoxy) is 1. The monoisotopic (exact) mass is 220 g/mol. The molecule has 88 valence electrons. The van der Waals surface area contributed by atoms with Crippen molar-refractivity contribution in [3.05, 3.63) is 24.4 Å². The first-order valence-corrected chi connectivity index (χ1v) is 6.21. The molecule has 0 aliphatic heterocycles. The van der Waals surface area contributed by atoms with Crippen molar-refractivity contribution in [1.82, 2.24) is 4.98 Å². The molecule has 3 heteroatoms. The van der Waals surface area contributed by atoms with Gasteiger partial charge in [-0.25, -0.2) is 4.98 Å². The van der Waals surface area contributed by atoms with Crippen LogP contribution in [0.2, 0.25) is 0 Å². The molecule has 0 saturated heterocycles. The highest BCUT2D eigenvalue weighted by molar-refractivity contribution is 5.32. The minimum Gasteiger partial charge on any atom is -0.376 e. The number of hydrogen-bond acceptors (Lipinski definition) is 3. The molecule has 0 atom stereocenters. The van der Waals surface area contributed by atoms with Crippen molar-refractivity contribution in [3.8, 4) is 0 Å². The summed E-state index contributed by atoms with van der Waals surface area (Å²) >= 11 is 0. The first kappa shape index (κ1) is 11.4. The third-order valence-corrected chi connectivity index (χ3v) is 2.98. The lowest BCUT2D eigenvalue weighted by Crippen LogP contribution is -2.20. The summed E-state index contributed by atoms with van der Waals surface area (Å²) in [6.45, 7) is 1.62. The quantitative estimate of drug-likeness (QED) is 0.775. The van der Waals surface area contributed by atoms with Gasteiger partial charge in [-0.05, 0) is 25.0 Å². The molecule has 0 spiro atoms. The Morgan fingerprint density at radius 2 is 2.12 bits per heavy atom. The van der Waals surface area contributed by atoms with Crippen molar-refractivity contribution in [1.29, 1.82) is 0 Å². The van der Waals surface area contributed by atoms with Crippen molar-refractivity contribution >= 4 is 5.82 Å². The van der Waals surface area contributed by atoms with Gasteiger partial charge < -0.3 is 10.1 Å². The molecule has 3 nitrogen and oxygen atoms in total. The summed E-state index contributed by atoms with van der Waals surface area (Å²) in [6, 6.07) is 5.88. The number of nitrogens with one attached hydrogen (secondary N) is 1. The fraction of sp³-hybridized carbons (Fsp3) is 0.615. The van der Waals surface area contributed by atoms with Crippen LogP contribution in [0.3, 0.4) is 0 Å². The fourth-order valence-electron chi connectivity index (χ4n) is 2.10. The highest BCUT2D eigenvalue weighted by Gasteiger charge is 2.12. The Balaban J connectivity index is 1.58. The van der Waals surface area contributed by atoms with Crippen molar-refractivity contribution in [2.45, 2.75) is 38.2 Å². The molecular formula is C13H20N2O. The predicted octanol–water partition coefficient (Wildman–Crippen LogP) is 2.84. The second kappa shape index (κ2) is 6.48. The van der Waals surface area contributed by atoms with Gasteiger partial charge in [-0.2, -0.15) is 0 Å². The number of nitrogens with zero attached hydrogens (tertiary/aromatic N) is 1. The van der Waals surface area contributed by atoms with Crippen LogP contribution < -0.4 is 5.32 Å². The molecule has 0 aromatic carbocycles. The van der Waals surface area contributed by atoms with E-state index in [1.807, 2.05) is 18.2 Å². The van der Waals surface area contributed by atoms with Crippen molar-refractivity contribution < 1.29 is 4.74 Å². The lowest BCUT2D eigenvalue weighted by Gasteiger charge is -2.22. The maximum absolute atomic E-state index is 5.81. The van der Waals surface area contributed by atoms with E-state index in [9.17, 15) is 0 Å². The van der Waals surface area contributed by atoms with E-state index < -0.39 is 0 Å². The van der Waals surface area contributed by atoms with Gasteiger partial charge in [0.1, 0.15) is 5.82 Å². The van der Waals surface area contributed by atoms with Gasteiger partial charge in [0.2, 0.25) is 0 Å². The van der Waals surface area contributed by atoms with Gasteiger partial charge in [-0.15, -0.1) is 0 Å². The number of anilines is 1. The molecule has 1 aliphatic rings. The highest BCUT2D eigenvalue weighted by Crippen LogP contribution is 2.19. The van der Waals surface area contributed by atoms with Crippen LogP contribution in [-0.4, -0.2) is 24.2 Å². The zero-order valence-corrected chi connectivity index (χ0v) is 9.69. The molecule has 0 amide bonds. The second-order valence-electron chi connectivity index (χ2n) is 4.27. The average molecular weight is 220 g/mol. The Morgan fingerprint density at radius 3 is 2.88 bits per heavy atom. The zero-order chi connectivity index (χ0) is 11.1. The Hall–Kier alpha value is -1.09. The SMILES string of the molecule is c1ccc(NCCOC2CCCCC2)nc1. The summed E-state index contributed by atoms with van der Waals surface area (Å²) in [5.74, 6) is 0.926. The Labute approximate surface area is 97.2 Å². The van der Waals surface area contributed by atoms with Crippen LogP contribution in [0.4, 0.5) is 5.82 Å². The molecule has 1 fully saturated rings. The van der Waals surface area contributed by atoms with Crippen LogP contribution in [0.25, 0.3) is 0 Å². The number of pyridine rings is 1. The van der Waals surface area contributed by atoms with Gasteiger partial charge in [0.05, 0.1) is 12.7 Å². The first-order valence-electron chi connectivity index (χ1n) is 6.21. The molecule has 0 unspecified atom stereocenters. The zero-order valence-electron chi connectivity index (χ0n) is 9.69. The largest absolute Gasteiger partial charge is 0.376 e. The molecule has 1 aliphatic carbocycles. The molecule has 0 radical (unpaired) electrons. The van der Waals surface area contributed by atoms with Crippen LogP contribution >= 0.6 is 0 Å². The van der Waals surface area contributed by atoms with Crippen molar-refractivity contribution in [3.63, 3.8) is 0 Å². The summed E-state index contributed by atoms with van der Waals surface area (Å²) in [7, 11) is 0. The molecule has 1 saturated carbocycles. The van der Waals surface area contributed by atoms with E-state index in [-0.39, 0.29) is 0 Å². The van der Waals surface area contributed by atoms with E-state index in [1.165, 1.54) is 32.1 Å². The fourth-order valence-corrected chi connectivity index (χ4v) is 2.10. The maximum Gasteiger partial charge on any atom is 0.125 e. The van der Waals surface area contributed by atoms with Gasteiger partial charge >= 0.3 is 0 Å². The molecule has 1 N–H and O–H groups in total. The number of hydrogen-bond donors (Lipinski definition) is 1. The highest BCUT2D eigenvalue weighted by atomic mass is 16.5. The number of rotatable bonds is 5. The summed E-state index contributed by atoms with van der Waals surface area (Å²) in [5.41, 5.74) is 0. The Kier molecular flexibility index (Phi) is 4.62. The van der Waals surface area contributed by atoms with Gasteiger partial charge in [0, 0.05) is 12.7 Å². The van der Waals surface area contributed by atoms with Crippen LogP contribution in [-0.2, 0) is 4.74 Å². The Morgan fingerprint density at radius 1 is 1.25 bits per heavy atom. The van der Waals surface area contributed by atoms with Crippen molar-refractivity contribution in [2.24, 2.45) is 0 Å². The van der Waals surface area contributed by atoms with Crippen LogP contribution in [0.5, 0.6) is 0 Å². The second-order valence-corrected chi connectivity index (χ2v) is 4.27. The van der Waals surface area contributed by atoms with Crippen LogP contribution in [0, 0.1) is 0 Å². The summed E-state index contributed by atoms with van der Waals surface area (Å²) < 4.78 is 5.81. The lowest BCUT2D eigenvalue weighted by molar-refractivity contribution is 0.0347.